The SMILES string of the molecule is C[C@H]1Cc2c(ccc(Cl)c2F)CCN1C(=O)C(F)(F)F. The van der Waals surface area contributed by atoms with Crippen LogP contribution in [0.25, 0.3) is 0 Å². The molecular weight excluding hydrogens is 298 g/mol. The second-order valence-electron chi connectivity index (χ2n) is 4.80. The molecule has 1 aromatic carbocycles. The highest BCUT2D eigenvalue weighted by Gasteiger charge is 2.44. The normalized spacial score (nSPS) is 19.5. The first-order chi connectivity index (χ1) is 9.21. The van der Waals surface area contributed by atoms with Gasteiger partial charge in [-0.3, -0.25) is 4.79 Å². The Morgan fingerprint density at radius 1 is 1.40 bits per heavy atom. The van der Waals surface area contributed by atoms with Crippen molar-refractivity contribution in [2.24, 2.45) is 0 Å². The van der Waals surface area contributed by atoms with E-state index in [1.54, 1.807) is 6.07 Å². The van der Waals surface area contributed by atoms with Crippen molar-refractivity contribution < 1.29 is 22.4 Å². The third kappa shape index (κ3) is 2.75. The first kappa shape index (κ1) is 15.1. The average molecular weight is 310 g/mol. The number of hydrogen-bond donors (Lipinski definition) is 0. The van der Waals surface area contributed by atoms with Crippen molar-refractivity contribution in [3.8, 4) is 0 Å². The van der Waals surface area contributed by atoms with Gasteiger partial charge < -0.3 is 4.90 Å². The molecule has 2 nitrogen and oxygen atoms in total. The molecule has 0 spiro atoms. The minimum Gasteiger partial charge on any atom is -0.332 e. The lowest BCUT2D eigenvalue weighted by atomic mass is 10.0. The monoisotopic (exact) mass is 309 g/mol. The van der Waals surface area contributed by atoms with Gasteiger partial charge in [-0.15, -0.1) is 0 Å². The van der Waals surface area contributed by atoms with Crippen LogP contribution in [-0.2, 0) is 17.6 Å². The van der Waals surface area contributed by atoms with Crippen LogP contribution in [0.1, 0.15) is 18.1 Å². The summed E-state index contributed by atoms with van der Waals surface area (Å²) >= 11 is 5.68. The molecule has 1 heterocycles. The summed E-state index contributed by atoms with van der Waals surface area (Å²) in [6.45, 7) is 1.38. The van der Waals surface area contributed by atoms with Crippen LogP contribution in [0.15, 0.2) is 12.1 Å². The molecule has 0 saturated heterocycles. The summed E-state index contributed by atoms with van der Waals surface area (Å²) < 4.78 is 51.5. The van der Waals surface area contributed by atoms with Crippen LogP contribution >= 0.6 is 11.6 Å². The van der Waals surface area contributed by atoms with Gasteiger partial charge in [0.15, 0.2) is 0 Å². The number of fused-ring (bicyclic) bond motifs is 1. The highest BCUT2D eigenvalue weighted by molar-refractivity contribution is 6.30. The molecule has 0 unspecified atom stereocenters. The Balaban J connectivity index is 2.32. The number of carbonyl (C=O) groups excluding carboxylic acids is 1. The van der Waals surface area contributed by atoms with Gasteiger partial charge in [-0.1, -0.05) is 17.7 Å². The largest absolute Gasteiger partial charge is 0.471 e. The van der Waals surface area contributed by atoms with Crippen LogP contribution in [0, 0.1) is 5.82 Å². The van der Waals surface area contributed by atoms with Crippen molar-refractivity contribution in [1.29, 1.82) is 0 Å². The Hall–Kier alpha value is -1.30. The van der Waals surface area contributed by atoms with Crippen molar-refractivity contribution in [2.45, 2.75) is 32.0 Å². The Bertz CT molecular complexity index is 544. The highest BCUT2D eigenvalue weighted by Crippen LogP contribution is 2.29. The number of hydrogen-bond acceptors (Lipinski definition) is 1. The van der Waals surface area contributed by atoms with Gasteiger partial charge in [0, 0.05) is 12.6 Å². The van der Waals surface area contributed by atoms with Gasteiger partial charge >= 0.3 is 12.1 Å². The number of amides is 1. The number of alkyl halides is 3. The Morgan fingerprint density at radius 3 is 2.65 bits per heavy atom. The minimum absolute atomic E-state index is 0.0174. The predicted octanol–water partition coefficient (Wildman–Crippen LogP) is 3.36. The van der Waals surface area contributed by atoms with Gasteiger partial charge in [0.05, 0.1) is 5.02 Å². The van der Waals surface area contributed by atoms with Gasteiger partial charge in [-0.05, 0) is 37.0 Å². The molecule has 1 aliphatic heterocycles. The zero-order valence-electron chi connectivity index (χ0n) is 10.6. The number of rotatable bonds is 0. The molecule has 2 rings (SSSR count). The van der Waals surface area contributed by atoms with Crippen LogP contribution in [0.5, 0.6) is 0 Å². The second kappa shape index (κ2) is 5.24. The number of benzene rings is 1. The standard InChI is InChI=1S/C13H12ClF4NO/c1-7-6-9-8(2-3-10(14)11(9)15)4-5-19(7)12(20)13(16,17)18/h2-3,7H,4-6H2,1H3/t7-/m0/s1. The van der Waals surface area contributed by atoms with Crippen molar-refractivity contribution >= 4 is 17.5 Å². The topological polar surface area (TPSA) is 20.3 Å². The van der Waals surface area contributed by atoms with Gasteiger partial charge in [0.2, 0.25) is 0 Å². The lowest BCUT2D eigenvalue weighted by Gasteiger charge is -2.27. The molecule has 0 saturated carbocycles. The summed E-state index contributed by atoms with van der Waals surface area (Å²) in [6, 6.07) is 2.23. The third-order valence-corrected chi connectivity index (χ3v) is 3.74. The zero-order chi connectivity index (χ0) is 15.1. The predicted molar refractivity (Wildman–Crippen MR) is 66.0 cm³/mol. The molecule has 1 atom stereocenters. The minimum atomic E-state index is -4.92. The quantitative estimate of drug-likeness (QED) is 0.673. The third-order valence-electron chi connectivity index (χ3n) is 3.45. The molecular formula is C13H12ClF4NO. The number of nitrogens with zero attached hydrogens (tertiary/aromatic N) is 1. The molecule has 0 N–H and O–H groups in total. The summed E-state index contributed by atoms with van der Waals surface area (Å²) in [5.41, 5.74) is 0.888. The molecule has 1 aromatic rings. The summed E-state index contributed by atoms with van der Waals surface area (Å²) in [5, 5.41) is -0.0634. The highest BCUT2D eigenvalue weighted by atomic mass is 35.5. The van der Waals surface area contributed by atoms with E-state index in [2.05, 4.69) is 0 Å². The average Bonchev–Trinajstić information content (AvgIpc) is 2.51. The van der Waals surface area contributed by atoms with E-state index in [0.717, 1.165) is 4.90 Å². The summed E-state index contributed by atoms with van der Waals surface area (Å²) in [7, 11) is 0. The van der Waals surface area contributed by atoms with Gasteiger partial charge in [0.1, 0.15) is 5.82 Å². The molecule has 20 heavy (non-hydrogen) atoms. The molecule has 7 heteroatoms. The second-order valence-corrected chi connectivity index (χ2v) is 5.21. The van der Waals surface area contributed by atoms with Gasteiger partial charge in [0.25, 0.3) is 0 Å². The maximum Gasteiger partial charge on any atom is 0.471 e. The van der Waals surface area contributed by atoms with E-state index in [1.165, 1.54) is 13.0 Å². The van der Waals surface area contributed by atoms with Crippen molar-refractivity contribution in [2.75, 3.05) is 6.54 Å². The molecule has 0 bridgehead atoms. The molecule has 0 radical (unpaired) electrons. The molecule has 0 fully saturated rings. The van der Waals surface area contributed by atoms with E-state index < -0.39 is 23.9 Å². The van der Waals surface area contributed by atoms with Crippen LogP contribution in [0.3, 0.4) is 0 Å². The molecule has 110 valence electrons. The lowest BCUT2D eigenvalue weighted by molar-refractivity contribution is -0.187. The summed E-state index contributed by atoms with van der Waals surface area (Å²) in [5.74, 6) is -2.50. The van der Waals surface area contributed by atoms with E-state index in [0.29, 0.717) is 11.1 Å². The lowest BCUT2D eigenvalue weighted by Crippen LogP contribution is -2.46. The fourth-order valence-corrected chi connectivity index (χ4v) is 2.60. The van der Waals surface area contributed by atoms with E-state index >= 15 is 0 Å². The molecule has 1 amide bonds. The number of halogens is 5. The maximum absolute atomic E-state index is 13.9. The Morgan fingerprint density at radius 2 is 2.05 bits per heavy atom. The van der Waals surface area contributed by atoms with E-state index in [4.69, 9.17) is 11.6 Å². The maximum atomic E-state index is 13.9. The molecule has 1 aliphatic rings. The van der Waals surface area contributed by atoms with Crippen LogP contribution < -0.4 is 0 Å². The van der Waals surface area contributed by atoms with E-state index in [9.17, 15) is 22.4 Å². The first-order valence-corrected chi connectivity index (χ1v) is 6.43. The summed E-state index contributed by atoms with van der Waals surface area (Å²) in [4.78, 5) is 12.1. The first-order valence-electron chi connectivity index (χ1n) is 6.05. The van der Waals surface area contributed by atoms with Gasteiger partial charge in [-0.2, -0.15) is 13.2 Å². The van der Waals surface area contributed by atoms with Crippen LogP contribution in [-0.4, -0.2) is 29.6 Å². The van der Waals surface area contributed by atoms with Gasteiger partial charge in [-0.25, -0.2) is 4.39 Å². The van der Waals surface area contributed by atoms with Crippen molar-refractivity contribution in [3.05, 3.63) is 34.1 Å². The van der Waals surface area contributed by atoms with Crippen LogP contribution in [0.4, 0.5) is 17.6 Å². The number of carbonyl (C=O) groups is 1. The van der Waals surface area contributed by atoms with E-state index in [1.807, 2.05) is 0 Å². The fraction of sp³-hybridized carbons (Fsp3) is 0.462. The summed E-state index contributed by atoms with van der Waals surface area (Å²) in [6.07, 6.45) is -4.72. The Kier molecular flexibility index (Phi) is 3.95. The molecule has 0 aliphatic carbocycles. The smallest absolute Gasteiger partial charge is 0.332 e. The zero-order valence-corrected chi connectivity index (χ0v) is 11.4. The molecule has 0 aromatic heterocycles. The Labute approximate surface area is 118 Å². The fourth-order valence-electron chi connectivity index (χ4n) is 2.42. The van der Waals surface area contributed by atoms with Crippen molar-refractivity contribution in [1.82, 2.24) is 4.90 Å². The van der Waals surface area contributed by atoms with Crippen molar-refractivity contribution in [3.63, 3.8) is 0 Å². The van der Waals surface area contributed by atoms with E-state index in [-0.39, 0.29) is 24.4 Å². The van der Waals surface area contributed by atoms with Crippen LogP contribution in [0.2, 0.25) is 5.02 Å².